The van der Waals surface area contributed by atoms with Crippen LogP contribution in [0.4, 0.5) is 10.1 Å². The van der Waals surface area contributed by atoms with Gasteiger partial charge in [-0.3, -0.25) is 9.10 Å². The molecule has 0 fully saturated rings. The standard InChI is InChI=1S/C25H27FN2O3S/c1-19(12-13-20-8-4-3-5-9-20)27-25(29)21-14-16-23(17-15-21)28(32(2,30)31)18-22-10-6-7-11-24(22)26/h3-11,14-17,19H,12-13,18H2,1-2H3,(H,27,29)/t19-/m1/s1. The molecule has 0 saturated heterocycles. The summed E-state index contributed by atoms with van der Waals surface area (Å²) in [4.78, 5) is 12.6. The molecule has 1 amide bonds. The lowest BCUT2D eigenvalue weighted by Gasteiger charge is -2.23. The van der Waals surface area contributed by atoms with Crippen molar-refractivity contribution >= 4 is 21.6 Å². The average Bonchev–Trinajstić information content (AvgIpc) is 2.77. The molecule has 5 nitrogen and oxygen atoms in total. The van der Waals surface area contributed by atoms with Crippen molar-refractivity contribution < 1.29 is 17.6 Å². The third-order valence-corrected chi connectivity index (χ3v) is 6.32. The quantitative estimate of drug-likeness (QED) is 0.516. The van der Waals surface area contributed by atoms with E-state index >= 15 is 0 Å². The van der Waals surface area contributed by atoms with Crippen LogP contribution in [-0.2, 0) is 23.0 Å². The van der Waals surface area contributed by atoms with Crippen LogP contribution in [0.3, 0.4) is 0 Å². The second-order valence-corrected chi connectivity index (χ2v) is 9.71. The Morgan fingerprint density at radius 2 is 1.59 bits per heavy atom. The van der Waals surface area contributed by atoms with Crippen LogP contribution >= 0.6 is 0 Å². The van der Waals surface area contributed by atoms with Crippen LogP contribution in [-0.4, -0.2) is 26.6 Å². The number of sulfonamides is 1. The summed E-state index contributed by atoms with van der Waals surface area (Å²) in [5, 5.41) is 2.97. The Morgan fingerprint density at radius 3 is 2.22 bits per heavy atom. The van der Waals surface area contributed by atoms with E-state index in [-0.39, 0.29) is 24.1 Å². The van der Waals surface area contributed by atoms with Gasteiger partial charge in [-0.05, 0) is 55.7 Å². The molecule has 0 saturated carbocycles. The second-order valence-electron chi connectivity index (χ2n) is 7.81. The molecule has 0 unspecified atom stereocenters. The minimum absolute atomic E-state index is 0.0176. The maximum absolute atomic E-state index is 14.0. The summed E-state index contributed by atoms with van der Waals surface area (Å²) in [6.07, 6.45) is 2.74. The normalized spacial score (nSPS) is 12.2. The summed E-state index contributed by atoms with van der Waals surface area (Å²) in [5.74, 6) is -0.696. The Kier molecular flexibility index (Phi) is 7.64. The van der Waals surface area contributed by atoms with Crippen molar-refractivity contribution in [1.82, 2.24) is 5.32 Å². The maximum atomic E-state index is 14.0. The van der Waals surface area contributed by atoms with Gasteiger partial charge in [0.05, 0.1) is 18.5 Å². The molecule has 0 aliphatic rings. The highest BCUT2D eigenvalue weighted by Gasteiger charge is 2.20. The molecule has 0 aliphatic heterocycles. The number of rotatable bonds is 9. The molecule has 3 aromatic carbocycles. The lowest BCUT2D eigenvalue weighted by molar-refractivity contribution is 0.0938. The van der Waals surface area contributed by atoms with E-state index in [2.05, 4.69) is 17.4 Å². The van der Waals surface area contributed by atoms with Crippen molar-refractivity contribution in [3.05, 3.63) is 101 Å². The largest absolute Gasteiger partial charge is 0.350 e. The van der Waals surface area contributed by atoms with Crippen molar-refractivity contribution in [2.75, 3.05) is 10.6 Å². The summed E-state index contributed by atoms with van der Waals surface area (Å²) in [5.41, 5.74) is 2.28. The molecule has 168 valence electrons. The van der Waals surface area contributed by atoms with Crippen molar-refractivity contribution in [2.45, 2.75) is 32.4 Å². The van der Waals surface area contributed by atoms with E-state index in [1.165, 1.54) is 11.6 Å². The van der Waals surface area contributed by atoms with Crippen LogP contribution in [0.15, 0.2) is 78.9 Å². The van der Waals surface area contributed by atoms with Gasteiger partial charge in [-0.15, -0.1) is 0 Å². The van der Waals surface area contributed by atoms with Gasteiger partial charge in [0.25, 0.3) is 5.91 Å². The fraction of sp³-hybridized carbons (Fsp3) is 0.240. The number of nitrogens with one attached hydrogen (secondary N) is 1. The number of halogens is 1. The minimum atomic E-state index is -3.65. The van der Waals surface area contributed by atoms with E-state index < -0.39 is 15.8 Å². The fourth-order valence-corrected chi connectivity index (χ4v) is 4.25. The monoisotopic (exact) mass is 454 g/mol. The van der Waals surface area contributed by atoms with E-state index in [9.17, 15) is 17.6 Å². The Balaban J connectivity index is 1.66. The van der Waals surface area contributed by atoms with Crippen LogP contribution < -0.4 is 9.62 Å². The summed E-state index contributed by atoms with van der Waals surface area (Å²) in [6.45, 7) is 1.82. The molecule has 0 radical (unpaired) electrons. The highest BCUT2D eigenvalue weighted by Crippen LogP contribution is 2.22. The van der Waals surface area contributed by atoms with E-state index in [4.69, 9.17) is 0 Å². The minimum Gasteiger partial charge on any atom is -0.350 e. The van der Waals surface area contributed by atoms with Gasteiger partial charge < -0.3 is 5.32 Å². The Morgan fingerprint density at radius 1 is 0.969 bits per heavy atom. The van der Waals surface area contributed by atoms with Crippen molar-refractivity contribution in [2.24, 2.45) is 0 Å². The molecule has 0 heterocycles. The number of anilines is 1. The van der Waals surface area contributed by atoms with Gasteiger partial charge in [0, 0.05) is 17.2 Å². The van der Waals surface area contributed by atoms with Gasteiger partial charge in [0.1, 0.15) is 5.82 Å². The lowest BCUT2D eigenvalue weighted by Crippen LogP contribution is -2.33. The van der Waals surface area contributed by atoms with Crippen LogP contribution in [0.1, 0.15) is 34.8 Å². The summed E-state index contributed by atoms with van der Waals surface area (Å²) >= 11 is 0. The molecule has 0 spiro atoms. The van der Waals surface area contributed by atoms with Crippen molar-refractivity contribution in [3.63, 3.8) is 0 Å². The van der Waals surface area contributed by atoms with Crippen LogP contribution in [0.5, 0.6) is 0 Å². The van der Waals surface area contributed by atoms with E-state index in [0.29, 0.717) is 11.3 Å². The van der Waals surface area contributed by atoms with E-state index in [1.807, 2.05) is 25.1 Å². The molecule has 3 rings (SSSR count). The van der Waals surface area contributed by atoms with Gasteiger partial charge in [-0.25, -0.2) is 12.8 Å². The van der Waals surface area contributed by atoms with Gasteiger partial charge in [-0.1, -0.05) is 48.5 Å². The molecule has 3 aromatic rings. The van der Waals surface area contributed by atoms with Gasteiger partial charge >= 0.3 is 0 Å². The zero-order valence-electron chi connectivity index (χ0n) is 18.2. The molecule has 7 heteroatoms. The molecule has 32 heavy (non-hydrogen) atoms. The topological polar surface area (TPSA) is 66.5 Å². The number of benzene rings is 3. The van der Waals surface area contributed by atoms with Gasteiger partial charge in [0.2, 0.25) is 10.0 Å². The SMILES string of the molecule is C[C@H](CCc1ccccc1)NC(=O)c1ccc(N(Cc2ccccc2F)S(C)(=O)=O)cc1. The Labute approximate surface area is 188 Å². The molecule has 1 atom stereocenters. The molecular formula is C25H27FN2O3S. The average molecular weight is 455 g/mol. The zero-order chi connectivity index (χ0) is 23.1. The van der Waals surface area contributed by atoms with Gasteiger partial charge in [0.15, 0.2) is 0 Å². The van der Waals surface area contributed by atoms with Crippen molar-refractivity contribution in [1.29, 1.82) is 0 Å². The number of hydrogen-bond donors (Lipinski definition) is 1. The number of nitrogens with zero attached hydrogens (tertiary/aromatic N) is 1. The fourth-order valence-electron chi connectivity index (χ4n) is 3.37. The first kappa shape index (κ1) is 23.5. The number of amides is 1. The predicted molar refractivity (Wildman–Crippen MR) is 126 cm³/mol. The first-order valence-corrected chi connectivity index (χ1v) is 12.2. The predicted octanol–water partition coefficient (Wildman–Crippen LogP) is 4.54. The highest BCUT2D eigenvalue weighted by atomic mass is 32.2. The molecule has 0 aliphatic carbocycles. The first-order valence-electron chi connectivity index (χ1n) is 10.4. The number of hydrogen-bond acceptors (Lipinski definition) is 3. The third-order valence-electron chi connectivity index (χ3n) is 5.18. The maximum Gasteiger partial charge on any atom is 0.251 e. The molecule has 1 N–H and O–H groups in total. The number of carbonyl (C=O) groups excluding carboxylic acids is 1. The lowest BCUT2D eigenvalue weighted by atomic mass is 10.1. The second kappa shape index (κ2) is 10.4. The number of aryl methyl sites for hydroxylation is 1. The Hall–Kier alpha value is -3.19. The Bertz CT molecular complexity index is 1150. The molecule has 0 aromatic heterocycles. The van der Waals surface area contributed by atoms with Crippen LogP contribution in [0, 0.1) is 5.82 Å². The van der Waals surface area contributed by atoms with Crippen molar-refractivity contribution in [3.8, 4) is 0 Å². The number of carbonyl (C=O) groups is 1. The summed E-state index contributed by atoms with van der Waals surface area (Å²) < 4.78 is 39.8. The van der Waals surface area contributed by atoms with E-state index in [0.717, 1.165) is 23.4 Å². The zero-order valence-corrected chi connectivity index (χ0v) is 19.0. The highest BCUT2D eigenvalue weighted by molar-refractivity contribution is 7.92. The molecule has 0 bridgehead atoms. The van der Waals surface area contributed by atoms with E-state index in [1.54, 1.807) is 42.5 Å². The third kappa shape index (κ3) is 6.40. The van der Waals surface area contributed by atoms with Crippen LogP contribution in [0.25, 0.3) is 0 Å². The smallest absolute Gasteiger partial charge is 0.251 e. The van der Waals surface area contributed by atoms with Gasteiger partial charge in [-0.2, -0.15) is 0 Å². The summed E-state index contributed by atoms with van der Waals surface area (Å²) in [6, 6.07) is 22.4. The molecular weight excluding hydrogens is 427 g/mol. The first-order chi connectivity index (χ1) is 15.2. The summed E-state index contributed by atoms with van der Waals surface area (Å²) in [7, 11) is -3.65. The van der Waals surface area contributed by atoms with Crippen LogP contribution in [0.2, 0.25) is 0 Å².